The zero-order valence-corrected chi connectivity index (χ0v) is 11.3. The Morgan fingerprint density at radius 3 is 2.73 bits per heavy atom. The number of rotatable bonds is 3. The fourth-order valence-corrected chi connectivity index (χ4v) is 2.18. The quantitative estimate of drug-likeness (QED) is 0.619. The first-order chi connectivity index (χ1) is 10.8. The molecule has 0 unspecified atom stereocenters. The topological polar surface area (TPSA) is 98.1 Å². The number of aliphatic hydroxyl groups excluding tert-OH is 1. The van der Waals surface area contributed by atoms with Gasteiger partial charge in [-0.05, 0) is 40.1 Å². The zero-order valence-electron chi connectivity index (χ0n) is 11.3. The van der Waals surface area contributed by atoms with Crippen LogP contribution in [0, 0.1) is 0 Å². The van der Waals surface area contributed by atoms with Crippen LogP contribution < -0.4 is 0 Å². The van der Waals surface area contributed by atoms with Crippen molar-refractivity contribution in [1.82, 2.24) is 20.5 Å². The van der Waals surface area contributed by atoms with Gasteiger partial charge in [-0.15, -0.1) is 0 Å². The molecule has 0 aliphatic carbocycles. The van der Waals surface area contributed by atoms with Crippen LogP contribution in [0.25, 0.3) is 33.9 Å². The van der Waals surface area contributed by atoms with Gasteiger partial charge in [0.2, 0.25) is 5.82 Å². The van der Waals surface area contributed by atoms with Crippen molar-refractivity contribution < 1.29 is 14.3 Å². The van der Waals surface area contributed by atoms with Crippen molar-refractivity contribution in [3.05, 3.63) is 48.0 Å². The van der Waals surface area contributed by atoms with Crippen LogP contribution in [-0.2, 0) is 6.61 Å². The number of aromatic nitrogens is 4. The summed E-state index contributed by atoms with van der Waals surface area (Å²) in [5.41, 5.74) is 3.60. The second-order valence-electron chi connectivity index (χ2n) is 4.75. The van der Waals surface area contributed by atoms with E-state index in [-0.39, 0.29) is 6.61 Å². The Labute approximate surface area is 124 Å². The molecule has 0 saturated heterocycles. The predicted molar refractivity (Wildman–Crippen MR) is 76.5 cm³/mol. The number of hydrogen-bond acceptors (Lipinski definition) is 7. The average Bonchev–Trinajstić information content (AvgIpc) is 3.23. The van der Waals surface area contributed by atoms with E-state index in [0.717, 1.165) is 16.7 Å². The molecule has 0 bridgehead atoms. The van der Waals surface area contributed by atoms with Gasteiger partial charge in [0, 0.05) is 11.1 Å². The number of nitrogens with zero attached hydrogens (tertiary/aromatic N) is 4. The molecule has 2 aromatic carbocycles. The highest BCUT2D eigenvalue weighted by Gasteiger charge is 2.12. The molecule has 7 nitrogen and oxygen atoms in total. The number of benzene rings is 2. The fourth-order valence-electron chi connectivity index (χ4n) is 2.18. The molecule has 0 aliphatic rings. The highest BCUT2D eigenvalue weighted by molar-refractivity contribution is 5.78. The summed E-state index contributed by atoms with van der Waals surface area (Å²) in [6.07, 6.45) is 0. The van der Waals surface area contributed by atoms with Crippen molar-refractivity contribution in [1.29, 1.82) is 0 Å². The Morgan fingerprint density at radius 2 is 1.82 bits per heavy atom. The second-order valence-corrected chi connectivity index (χ2v) is 4.75. The van der Waals surface area contributed by atoms with Crippen LogP contribution in [0.3, 0.4) is 0 Å². The van der Waals surface area contributed by atoms with Gasteiger partial charge in [0.05, 0.1) is 6.61 Å². The van der Waals surface area contributed by atoms with Gasteiger partial charge in [0.25, 0.3) is 5.89 Å². The van der Waals surface area contributed by atoms with Crippen LogP contribution >= 0.6 is 0 Å². The van der Waals surface area contributed by atoms with E-state index < -0.39 is 0 Å². The molecule has 0 amide bonds. The number of fused-ring (bicyclic) bond motifs is 1. The van der Waals surface area contributed by atoms with Crippen LogP contribution in [0.15, 0.2) is 51.6 Å². The standard InChI is InChI=1S/C15H10N4O3/c20-8-9-2-1-3-10(6-9)14-16-15(21-19-14)11-4-5-12-13(7-11)18-22-17-12/h1-7,20H,8H2. The van der Waals surface area contributed by atoms with Gasteiger partial charge in [-0.3, -0.25) is 0 Å². The molecule has 0 aliphatic heterocycles. The van der Waals surface area contributed by atoms with E-state index in [0.29, 0.717) is 22.7 Å². The average molecular weight is 294 g/mol. The lowest BCUT2D eigenvalue weighted by Crippen LogP contribution is -1.86. The summed E-state index contributed by atoms with van der Waals surface area (Å²) in [5.74, 6) is 0.845. The minimum Gasteiger partial charge on any atom is -0.392 e. The van der Waals surface area contributed by atoms with Crippen molar-refractivity contribution in [2.45, 2.75) is 6.61 Å². The molecular formula is C15H10N4O3. The van der Waals surface area contributed by atoms with Crippen molar-refractivity contribution in [3.63, 3.8) is 0 Å². The molecule has 0 atom stereocenters. The third-order valence-electron chi connectivity index (χ3n) is 3.29. The highest BCUT2D eigenvalue weighted by Crippen LogP contribution is 2.24. The Morgan fingerprint density at radius 1 is 0.909 bits per heavy atom. The molecule has 1 N–H and O–H groups in total. The van der Waals surface area contributed by atoms with Crippen molar-refractivity contribution >= 4 is 11.0 Å². The van der Waals surface area contributed by atoms with Crippen LogP contribution in [0.1, 0.15) is 5.56 Å². The van der Waals surface area contributed by atoms with E-state index in [1.807, 2.05) is 30.3 Å². The molecule has 22 heavy (non-hydrogen) atoms. The molecule has 7 heteroatoms. The van der Waals surface area contributed by atoms with E-state index in [2.05, 4.69) is 25.1 Å². The molecule has 0 spiro atoms. The summed E-state index contributed by atoms with van der Waals surface area (Å²) in [6, 6.07) is 12.7. The summed E-state index contributed by atoms with van der Waals surface area (Å²) in [7, 11) is 0. The van der Waals surface area contributed by atoms with Gasteiger partial charge in [-0.1, -0.05) is 23.4 Å². The van der Waals surface area contributed by atoms with E-state index in [4.69, 9.17) is 4.52 Å². The molecule has 0 fully saturated rings. The van der Waals surface area contributed by atoms with E-state index in [9.17, 15) is 5.11 Å². The minimum absolute atomic E-state index is 0.0334. The molecule has 4 rings (SSSR count). The summed E-state index contributed by atoms with van der Waals surface area (Å²) >= 11 is 0. The van der Waals surface area contributed by atoms with Gasteiger partial charge < -0.3 is 9.63 Å². The molecule has 0 saturated carbocycles. The summed E-state index contributed by atoms with van der Waals surface area (Å²) in [4.78, 5) is 4.38. The third kappa shape index (κ3) is 2.13. The van der Waals surface area contributed by atoms with Gasteiger partial charge in [-0.2, -0.15) is 4.98 Å². The Balaban J connectivity index is 1.73. The zero-order chi connectivity index (χ0) is 14.9. The Hall–Kier alpha value is -3.06. The first kappa shape index (κ1) is 12.7. The number of hydrogen-bond donors (Lipinski definition) is 1. The highest BCUT2D eigenvalue weighted by atomic mass is 16.6. The maximum Gasteiger partial charge on any atom is 0.258 e. The van der Waals surface area contributed by atoms with Crippen molar-refractivity contribution in [2.24, 2.45) is 0 Å². The van der Waals surface area contributed by atoms with E-state index in [1.54, 1.807) is 12.1 Å². The molecular weight excluding hydrogens is 284 g/mol. The summed E-state index contributed by atoms with van der Waals surface area (Å²) < 4.78 is 9.97. The molecule has 108 valence electrons. The van der Waals surface area contributed by atoms with Gasteiger partial charge in [0.15, 0.2) is 0 Å². The Kier molecular flexibility index (Phi) is 2.90. The smallest absolute Gasteiger partial charge is 0.258 e. The first-order valence-corrected chi connectivity index (χ1v) is 6.60. The fraction of sp³-hybridized carbons (Fsp3) is 0.0667. The SMILES string of the molecule is OCc1cccc(-c2noc(-c3ccc4nonc4c3)n2)c1. The van der Waals surface area contributed by atoms with E-state index in [1.165, 1.54) is 0 Å². The monoisotopic (exact) mass is 294 g/mol. The number of aliphatic hydroxyl groups is 1. The molecule has 4 aromatic rings. The molecule has 2 heterocycles. The first-order valence-electron chi connectivity index (χ1n) is 6.60. The molecule has 2 aromatic heterocycles. The normalized spacial score (nSPS) is 11.1. The predicted octanol–water partition coefficient (Wildman–Crippen LogP) is 2.43. The van der Waals surface area contributed by atoms with Gasteiger partial charge >= 0.3 is 0 Å². The van der Waals surface area contributed by atoms with Gasteiger partial charge in [-0.25, -0.2) is 4.63 Å². The molecule has 0 radical (unpaired) electrons. The maximum absolute atomic E-state index is 9.19. The summed E-state index contributed by atoms with van der Waals surface area (Å²) in [5, 5.41) is 20.7. The lowest BCUT2D eigenvalue weighted by Gasteiger charge is -1.97. The lowest BCUT2D eigenvalue weighted by atomic mass is 10.1. The van der Waals surface area contributed by atoms with Gasteiger partial charge in [0.1, 0.15) is 11.0 Å². The second kappa shape index (κ2) is 5.05. The van der Waals surface area contributed by atoms with E-state index >= 15 is 0 Å². The van der Waals surface area contributed by atoms with Crippen molar-refractivity contribution in [2.75, 3.05) is 0 Å². The third-order valence-corrected chi connectivity index (χ3v) is 3.29. The lowest BCUT2D eigenvalue weighted by molar-refractivity contribution is 0.282. The van der Waals surface area contributed by atoms with Crippen LogP contribution in [-0.4, -0.2) is 25.6 Å². The largest absolute Gasteiger partial charge is 0.392 e. The van der Waals surface area contributed by atoms with Crippen LogP contribution in [0.2, 0.25) is 0 Å². The Bertz CT molecular complexity index is 945. The van der Waals surface area contributed by atoms with Crippen LogP contribution in [0.5, 0.6) is 0 Å². The van der Waals surface area contributed by atoms with Crippen LogP contribution in [0.4, 0.5) is 0 Å². The van der Waals surface area contributed by atoms with Crippen molar-refractivity contribution in [3.8, 4) is 22.8 Å². The summed E-state index contributed by atoms with van der Waals surface area (Å²) in [6.45, 7) is -0.0334. The maximum atomic E-state index is 9.19. The minimum atomic E-state index is -0.0334.